The van der Waals surface area contributed by atoms with E-state index in [1.54, 1.807) is 30.3 Å². The molecule has 0 saturated heterocycles. The second-order valence-corrected chi connectivity index (χ2v) is 6.65. The van der Waals surface area contributed by atoms with E-state index in [-0.39, 0.29) is 6.42 Å². The van der Waals surface area contributed by atoms with Crippen molar-refractivity contribution in [1.29, 1.82) is 0 Å². The molecule has 31 heavy (non-hydrogen) atoms. The van der Waals surface area contributed by atoms with E-state index in [4.69, 9.17) is 9.47 Å². The molecule has 9 heteroatoms. The molecular weight excluding hydrogens is 415 g/mol. The number of rotatable bonds is 9. The van der Waals surface area contributed by atoms with Gasteiger partial charge < -0.3 is 9.47 Å². The fourth-order valence-electron chi connectivity index (χ4n) is 3.11. The first-order chi connectivity index (χ1) is 14.7. The largest absolute Gasteiger partial charge is 0.448 e. The number of esters is 1. The highest BCUT2D eigenvalue weighted by Gasteiger charge is 2.64. The van der Waals surface area contributed by atoms with Gasteiger partial charge in [0.1, 0.15) is 0 Å². The number of halogens is 3. The summed E-state index contributed by atoms with van der Waals surface area (Å²) >= 11 is 0. The highest BCUT2D eigenvalue weighted by Crippen LogP contribution is 2.43. The molecule has 2 aromatic rings. The van der Waals surface area contributed by atoms with E-state index in [1.165, 1.54) is 37.3 Å². The molecule has 0 radical (unpaired) electrons. The molecule has 0 aromatic heterocycles. The number of benzene rings is 2. The molecule has 0 aliphatic carbocycles. The van der Waals surface area contributed by atoms with Gasteiger partial charge in [0.2, 0.25) is 0 Å². The molecular formula is C22H22F3NO5. The van der Waals surface area contributed by atoms with Gasteiger partial charge in [-0.2, -0.15) is 13.2 Å². The molecule has 0 spiro atoms. The average molecular weight is 437 g/mol. The van der Waals surface area contributed by atoms with E-state index in [9.17, 15) is 28.1 Å². The maximum atomic E-state index is 14.1. The Balaban J connectivity index is 2.48. The highest BCUT2D eigenvalue weighted by molar-refractivity contribution is 5.83. The van der Waals surface area contributed by atoms with Crippen molar-refractivity contribution in [2.75, 3.05) is 7.11 Å². The second kappa shape index (κ2) is 10.2. The van der Waals surface area contributed by atoms with Crippen LogP contribution in [0, 0.1) is 10.1 Å². The van der Waals surface area contributed by atoms with Crippen LogP contribution in [0.2, 0.25) is 0 Å². The zero-order valence-electron chi connectivity index (χ0n) is 16.9. The van der Waals surface area contributed by atoms with Crippen LogP contribution < -0.4 is 0 Å². The number of carbonyl (C=O) groups is 1. The average Bonchev–Trinajstić information content (AvgIpc) is 2.73. The van der Waals surface area contributed by atoms with Gasteiger partial charge in [0.15, 0.2) is 6.10 Å². The van der Waals surface area contributed by atoms with Crippen molar-refractivity contribution in [1.82, 2.24) is 0 Å². The standard InChI is InChI=1S/C22H22F3NO5/c1-3-18(26(28)29)19(15-14-16-10-6-4-7-11-16)31-20(27)21(30-2,22(23,24)25)17-12-8-5-9-13-17/h4-15,18-19H,3H2,1-2H3/b15-14+/t18-,19+,21-/m0/s1. The number of nitrogens with zero attached hydrogens (tertiary/aromatic N) is 1. The first-order valence-corrected chi connectivity index (χ1v) is 9.42. The Kier molecular flexibility index (Phi) is 7.93. The van der Waals surface area contributed by atoms with Crippen LogP contribution in [-0.4, -0.2) is 36.3 Å². The predicted octanol–water partition coefficient (Wildman–Crippen LogP) is 4.77. The van der Waals surface area contributed by atoms with E-state index in [0.29, 0.717) is 5.56 Å². The maximum Gasteiger partial charge on any atom is 0.432 e. The van der Waals surface area contributed by atoms with Crippen LogP contribution in [-0.2, 0) is 19.9 Å². The molecule has 2 rings (SSSR count). The maximum absolute atomic E-state index is 14.1. The lowest BCUT2D eigenvalue weighted by Crippen LogP contribution is -2.53. The van der Waals surface area contributed by atoms with Crippen LogP contribution in [0.1, 0.15) is 24.5 Å². The molecule has 0 bridgehead atoms. The van der Waals surface area contributed by atoms with Gasteiger partial charge in [-0.3, -0.25) is 10.1 Å². The number of methoxy groups -OCH3 is 1. The Labute approximate surface area is 177 Å². The summed E-state index contributed by atoms with van der Waals surface area (Å²) in [6, 6.07) is 13.4. The van der Waals surface area contributed by atoms with Crippen LogP contribution >= 0.6 is 0 Å². The predicted molar refractivity (Wildman–Crippen MR) is 108 cm³/mol. The summed E-state index contributed by atoms with van der Waals surface area (Å²) in [5.74, 6) is -1.78. The number of alkyl halides is 3. The Morgan fingerprint density at radius 2 is 1.65 bits per heavy atom. The normalized spacial score (nSPS) is 15.8. The summed E-state index contributed by atoms with van der Waals surface area (Å²) in [5.41, 5.74) is -3.28. The molecule has 2 aromatic carbocycles. The summed E-state index contributed by atoms with van der Waals surface area (Å²) in [4.78, 5) is 23.7. The minimum atomic E-state index is -5.18. The van der Waals surface area contributed by atoms with Crippen LogP contribution in [0.5, 0.6) is 0 Å². The van der Waals surface area contributed by atoms with Gasteiger partial charge in [0, 0.05) is 24.0 Å². The van der Waals surface area contributed by atoms with E-state index in [0.717, 1.165) is 19.2 Å². The number of carbonyl (C=O) groups excluding carboxylic acids is 1. The van der Waals surface area contributed by atoms with Crippen molar-refractivity contribution in [2.24, 2.45) is 0 Å². The molecule has 166 valence electrons. The Morgan fingerprint density at radius 3 is 2.10 bits per heavy atom. The third-order valence-electron chi connectivity index (χ3n) is 4.76. The van der Waals surface area contributed by atoms with Gasteiger partial charge in [-0.15, -0.1) is 0 Å². The first kappa shape index (κ1) is 24.1. The first-order valence-electron chi connectivity index (χ1n) is 9.42. The Morgan fingerprint density at radius 1 is 1.10 bits per heavy atom. The fraction of sp³-hybridized carbons (Fsp3) is 0.318. The molecule has 0 fully saturated rings. The molecule has 0 amide bonds. The van der Waals surface area contributed by atoms with E-state index < -0.39 is 40.4 Å². The molecule has 6 nitrogen and oxygen atoms in total. The zero-order chi connectivity index (χ0) is 23.1. The minimum Gasteiger partial charge on any atom is -0.448 e. The van der Waals surface area contributed by atoms with Gasteiger partial charge in [0.05, 0.1) is 0 Å². The van der Waals surface area contributed by atoms with Crippen molar-refractivity contribution in [2.45, 2.75) is 37.3 Å². The van der Waals surface area contributed by atoms with Gasteiger partial charge in [0.25, 0.3) is 11.6 Å². The lowest BCUT2D eigenvalue weighted by atomic mass is 9.92. The summed E-state index contributed by atoms with van der Waals surface area (Å²) < 4.78 is 52.0. The fourth-order valence-corrected chi connectivity index (χ4v) is 3.11. The topological polar surface area (TPSA) is 78.7 Å². The van der Waals surface area contributed by atoms with Crippen molar-refractivity contribution < 1.29 is 32.4 Å². The van der Waals surface area contributed by atoms with E-state index in [2.05, 4.69) is 0 Å². The highest BCUT2D eigenvalue weighted by atomic mass is 19.4. The number of hydrogen-bond acceptors (Lipinski definition) is 5. The lowest BCUT2D eigenvalue weighted by Gasteiger charge is -2.33. The van der Waals surface area contributed by atoms with Gasteiger partial charge in [-0.25, -0.2) is 4.79 Å². The van der Waals surface area contributed by atoms with Crippen molar-refractivity contribution in [3.8, 4) is 0 Å². The number of ether oxygens (including phenoxy) is 2. The van der Waals surface area contributed by atoms with Gasteiger partial charge in [-0.1, -0.05) is 73.7 Å². The monoisotopic (exact) mass is 437 g/mol. The third-order valence-corrected chi connectivity index (χ3v) is 4.76. The summed E-state index contributed by atoms with van der Waals surface area (Å²) in [7, 11) is 0.737. The Hall–Kier alpha value is -3.20. The number of nitro groups is 1. The molecule has 0 heterocycles. The van der Waals surface area contributed by atoms with Crippen LogP contribution in [0.25, 0.3) is 6.08 Å². The van der Waals surface area contributed by atoms with E-state index >= 15 is 0 Å². The zero-order valence-corrected chi connectivity index (χ0v) is 16.9. The van der Waals surface area contributed by atoms with Gasteiger partial charge >= 0.3 is 12.1 Å². The third kappa shape index (κ3) is 5.29. The summed E-state index contributed by atoms with van der Waals surface area (Å²) in [6.07, 6.45) is -4.12. The molecule has 0 N–H and O–H groups in total. The lowest BCUT2D eigenvalue weighted by molar-refractivity contribution is -0.531. The minimum absolute atomic E-state index is 0.0680. The quantitative estimate of drug-likeness (QED) is 0.321. The van der Waals surface area contributed by atoms with Crippen LogP contribution in [0.3, 0.4) is 0 Å². The smallest absolute Gasteiger partial charge is 0.432 e. The van der Waals surface area contributed by atoms with Crippen molar-refractivity contribution in [3.05, 3.63) is 88.0 Å². The second-order valence-electron chi connectivity index (χ2n) is 6.65. The SMILES string of the molecule is CC[C@@H]([C@@H](/C=C/c1ccccc1)OC(=O)[C@@](OC)(c1ccccc1)C(F)(F)F)[N+](=O)[O-]. The van der Waals surface area contributed by atoms with Crippen molar-refractivity contribution in [3.63, 3.8) is 0 Å². The summed E-state index contributed by atoms with van der Waals surface area (Å²) in [5, 5.41) is 11.5. The molecule has 0 aliphatic heterocycles. The summed E-state index contributed by atoms with van der Waals surface area (Å²) in [6.45, 7) is 1.48. The van der Waals surface area contributed by atoms with Gasteiger partial charge in [-0.05, 0) is 11.6 Å². The molecule has 3 atom stereocenters. The van der Waals surface area contributed by atoms with Crippen LogP contribution in [0.15, 0.2) is 66.7 Å². The molecule has 0 aliphatic rings. The number of hydrogen-bond donors (Lipinski definition) is 0. The Bertz CT molecular complexity index is 902. The van der Waals surface area contributed by atoms with Crippen LogP contribution in [0.4, 0.5) is 13.2 Å². The molecule has 0 unspecified atom stereocenters. The van der Waals surface area contributed by atoms with Crippen molar-refractivity contribution >= 4 is 12.0 Å². The molecule has 0 saturated carbocycles. The van der Waals surface area contributed by atoms with E-state index in [1.807, 2.05) is 0 Å².